The number of likely N-dealkylation sites (tertiary alicyclic amines) is 1. The van der Waals surface area contributed by atoms with Crippen LogP contribution in [0, 0.1) is 0 Å². The molecule has 2 N–H and O–H groups in total. The fourth-order valence-electron chi connectivity index (χ4n) is 4.93. The summed E-state index contributed by atoms with van der Waals surface area (Å²) in [4.78, 5) is 44.7. The molecule has 11 nitrogen and oxygen atoms in total. The first-order chi connectivity index (χ1) is 19.4. The van der Waals surface area contributed by atoms with Gasteiger partial charge in [-0.1, -0.05) is 12.1 Å². The first-order valence-electron chi connectivity index (χ1n) is 13.3. The van der Waals surface area contributed by atoms with E-state index in [-0.39, 0.29) is 30.2 Å². The Morgan fingerprint density at radius 1 is 1.15 bits per heavy atom. The molecule has 0 saturated carbocycles. The fraction of sp³-hybridized carbons (Fsp3) is 0.379. The van der Waals surface area contributed by atoms with Gasteiger partial charge in [0.15, 0.2) is 0 Å². The van der Waals surface area contributed by atoms with Crippen molar-refractivity contribution in [2.24, 2.45) is 7.05 Å². The number of amides is 3. The monoisotopic (exact) mass is 547 g/mol. The summed E-state index contributed by atoms with van der Waals surface area (Å²) >= 11 is 0. The number of nitrogens with zero attached hydrogens (tertiary/aromatic N) is 3. The smallest absolute Gasteiger partial charge is 0.272 e. The maximum absolute atomic E-state index is 13.1. The molecule has 11 heteroatoms. The Bertz CT molecular complexity index is 1390. The molecule has 2 aromatic carbocycles. The highest BCUT2D eigenvalue weighted by Gasteiger charge is 2.34. The van der Waals surface area contributed by atoms with Gasteiger partial charge in [0.2, 0.25) is 5.91 Å². The number of methoxy groups -OCH3 is 1. The zero-order valence-electron chi connectivity index (χ0n) is 22.6. The first-order valence-corrected chi connectivity index (χ1v) is 13.3. The third kappa shape index (κ3) is 6.42. The van der Waals surface area contributed by atoms with Gasteiger partial charge < -0.3 is 34.3 Å². The SMILES string of the molecule is COc1cc2cc(c1)C(=O)NCCCC(=O)N[C@H]1CN(C(=O)c3cncn3C)CC[C@@H]1OCc1cccc(c1)O2. The van der Waals surface area contributed by atoms with Gasteiger partial charge in [0.25, 0.3) is 11.8 Å². The van der Waals surface area contributed by atoms with Crippen molar-refractivity contribution in [3.05, 3.63) is 71.8 Å². The second-order valence-electron chi connectivity index (χ2n) is 9.96. The lowest BCUT2D eigenvalue weighted by Crippen LogP contribution is -2.57. The predicted octanol–water partition coefficient (Wildman–Crippen LogP) is 2.66. The van der Waals surface area contributed by atoms with Gasteiger partial charge in [-0.25, -0.2) is 4.98 Å². The van der Waals surface area contributed by atoms with E-state index in [0.717, 1.165) is 5.56 Å². The normalized spacial score (nSPS) is 20.2. The minimum absolute atomic E-state index is 0.139. The predicted molar refractivity (Wildman–Crippen MR) is 145 cm³/mol. The molecule has 0 radical (unpaired) electrons. The van der Waals surface area contributed by atoms with Gasteiger partial charge in [-0.2, -0.15) is 0 Å². The van der Waals surface area contributed by atoms with Crippen LogP contribution in [0.3, 0.4) is 0 Å². The number of hydrogen-bond donors (Lipinski definition) is 2. The number of carbonyl (C=O) groups is 3. The van der Waals surface area contributed by atoms with E-state index in [1.165, 1.54) is 7.11 Å². The lowest BCUT2D eigenvalue weighted by Gasteiger charge is -2.38. The Hall–Kier alpha value is -4.38. The summed E-state index contributed by atoms with van der Waals surface area (Å²) in [7, 11) is 3.31. The van der Waals surface area contributed by atoms with Crippen molar-refractivity contribution in [2.45, 2.75) is 38.0 Å². The van der Waals surface area contributed by atoms with Gasteiger partial charge in [0.05, 0.1) is 38.4 Å². The Balaban J connectivity index is 1.37. The Morgan fingerprint density at radius 3 is 2.83 bits per heavy atom. The molecule has 1 aromatic heterocycles. The molecule has 2 aliphatic heterocycles. The van der Waals surface area contributed by atoms with E-state index in [1.807, 2.05) is 24.3 Å². The second kappa shape index (κ2) is 12.2. The maximum atomic E-state index is 13.1. The molecule has 0 aliphatic carbocycles. The van der Waals surface area contributed by atoms with Crippen molar-refractivity contribution in [3.63, 3.8) is 0 Å². The first kappa shape index (κ1) is 27.2. The van der Waals surface area contributed by atoms with Crippen molar-refractivity contribution in [3.8, 4) is 17.2 Å². The molecule has 3 aromatic rings. The Labute approximate surface area is 232 Å². The van der Waals surface area contributed by atoms with E-state index < -0.39 is 6.04 Å². The molecule has 0 unspecified atom stereocenters. The van der Waals surface area contributed by atoms with Crippen LogP contribution in [0.25, 0.3) is 0 Å². The van der Waals surface area contributed by atoms with Crippen molar-refractivity contribution < 1.29 is 28.6 Å². The van der Waals surface area contributed by atoms with Crippen LogP contribution >= 0.6 is 0 Å². The van der Waals surface area contributed by atoms with Crippen LogP contribution in [0.2, 0.25) is 0 Å². The molecule has 1 saturated heterocycles. The number of hydrogen-bond acceptors (Lipinski definition) is 7. The van der Waals surface area contributed by atoms with E-state index in [0.29, 0.717) is 67.6 Å². The summed E-state index contributed by atoms with van der Waals surface area (Å²) in [5, 5.41) is 5.93. The molecule has 4 bridgehead atoms. The number of rotatable bonds is 2. The summed E-state index contributed by atoms with van der Waals surface area (Å²) in [6.45, 7) is 1.43. The number of imidazole rings is 1. The van der Waals surface area contributed by atoms with Crippen molar-refractivity contribution >= 4 is 17.7 Å². The number of benzene rings is 2. The molecule has 0 spiro atoms. The summed E-state index contributed by atoms with van der Waals surface area (Å²) < 4.78 is 19.4. The largest absolute Gasteiger partial charge is 0.497 e. The second-order valence-corrected chi connectivity index (χ2v) is 9.96. The third-order valence-corrected chi connectivity index (χ3v) is 7.06. The van der Waals surface area contributed by atoms with Crippen LogP contribution < -0.4 is 20.1 Å². The molecule has 3 heterocycles. The average Bonchev–Trinajstić information content (AvgIpc) is 3.39. The van der Waals surface area contributed by atoms with Gasteiger partial charge in [-0.3, -0.25) is 14.4 Å². The van der Waals surface area contributed by atoms with Crippen molar-refractivity contribution in [2.75, 3.05) is 26.7 Å². The van der Waals surface area contributed by atoms with Crippen LogP contribution in [-0.4, -0.2) is 71.1 Å². The number of nitrogens with one attached hydrogen (secondary N) is 2. The van der Waals surface area contributed by atoms with Crippen LogP contribution in [-0.2, 0) is 23.2 Å². The highest BCUT2D eigenvalue weighted by molar-refractivity contribution is 5.95. The molecule has 3 amide bonds. The highest BCUT2D eigenvalue weighted by Crippen LogP contribution is 2.29. The number of aryl methyl sites for hydroxylation is 1. The van der Waals surface area contributed by atoms with Crippen LogP contribution in [0.4, 0.5) is 0 Å². The van der Waals surface area contributed by atoms with Crippen LogP contribution in [0.1, 0.15) is 45.7 Å². The lowest BCUT2D eigenvalue weighted by atomic mass is 10.0. The van der Waals surface area contributed by atoms with Gasteiger partial charge >= 0.3 is 0 Å². The van der Waals surface area contributed by atoms with Gasteiger partial charge in [-0.05, 0) is 42.7 Å². The van der Waals surface area contributed by atoms with Crippen LogP contribution in [0.5, 0.6) is 17.2 Å². The number of ether oxygens (including phenoxy) is 3. The quantitative estimate of drug-likeness (QED) is 0.506. The number of piperidine rings is 1. The maximum Gasteiger partial charge on any atom is 0.272 e. The molecular formula is C29H33N5O6. The number of fused-ring (bicyclic) bond motifs is 5. The molecule has 5 rings (SSSR count). The summed E-state index contributed by atoms with van der Waals surface area (Å²) in [5.74, 6) is 0.957. The summed E-state index contributed by atoms with van der Waals surface area (Å²) in [6.07, 6.45) is 4.07. The topological polar surface area (TPSA) is 124 Å². The van der Waals surface area contributed by atoms with Gasteiger partial charge in [0, 0.05) is 44.7 Å². The molecule has 2 aliphatic rings. The van der Waals surface area contributed by atoms with E-state index in [1.54, 1.807) is 47.2 Å². The van der Waals surface area contributed by atoms with Crippen LogP contribution in [0.15, 0.2) is 55.0 Å². The molecule has 210 valence electrons. The van der Waals surface area contributed by atoms with Gasteiger partial charge in [0.1, 0.15) is 22.9 Å². The number of carbonyl (C=O) groups excluding carboxylic acids is 3. The van der Waals surface area contributed by atoms with E-state index in [9.17, 15) is 14.4 Å². The zero-order chi connectivity index (χ0) is 28.1. The third-order valence-electron chi connectivity index (χ3n) is 7.06. The highest BCUT2D eigenvalue weighted by atomic mass is 16.5. The molecular weight excluding hydrogens is 514 g/mol. The number of aromatic nitrogens is 2. The summed E-state index contributed by atoms with van der Waals surface area (Å²) in [5.41, 5.74) is 1.77. The fourth-order valence-corrected chi connectivity index (χ4v) is 4.93. The average molecular weight is 548 g/mol. The summed E-state index contributed by atoms with van der Waals surface area (Å²) in [6, 6.07) is 12.1. The standard InChI is InChI=1S/C29H33N5O6/c1-33-18-30-15-25(33)29(37)34-10-8-26-24(16-34)32-27(35)7-4-9-31-28(36)20-12-22(38-2)14-23(13-20)40-21-6-3-5-19(11-21)17-39-26/h3,5-6,11-15,18,24,26H,4,7-10,16-17H2,1-2H3,(H,31,36)(H,32,35)/t24-,26-/m0/s1. The lowest BCUT2D eigenvalue weighted by molar-refractivity contribution is -0.124. The van der Waals surface area contributed by atoms with E-state index in [2.05, 4.69) is 15.6 Å². The Kier molecular flexibility index (Phi) is 8.30. The van der Waals surface area contributed by atoms with E-state index >= 15 is 0 Å². The molecule has 40 heavy (non-hydrogen) atoms. The van der Waals surface area contributed by atoms with Gasteiger partial charge in [-0.15, -0.1) is 0 Å². The minimum Gasteiger partial charge on any atom is -0.497 e. The Morgan fingerprint density at radius 2 is 2.02 bits per heavy atom. The minimum atomic E-state index is -0.390. The zero-order valence-corrected chi connectivity index (χ0v) is 22.6. The van der Waals surface area contributed by atoms with Crippen molar-refractivity contribution in [1.82, 2.24) is 25.1 Å². The van der Waals surface area contributed by atoms with Crippen molar-refractivity contribution in [1.29, 1.82) is 0 Å². The van der Waals surface area contributed by atoms with E-state index in [4.69, 9.17) is 14.2 Å². The molecule has 2 atom stereocenters. The molecule has 1 fully saturated rings.